The molecule has 0 aliphatic carbocycles. The highest BCUT2D eigenvalue weighted by Gasteiger charge is 2.25. The first-order valence-electron chi connectivity index (χ1n) is 17.7. The summed E-state index contributed by atoms with van der Waals surface area (Å²) < 4.78 is 0. The lowest BCUT2D eigenvalue weighted by Crippen LogP contribution is -1.94. The van der Waals surface area contributed by atoms with E-state index in [4.69, 9.17) is 0 Å². The Kier molecular flexibility index (Phi) is 10.3. The molecule has 12 N–H and O–H groups in total. The van der Waals surface area contributed by atoms with Gasteiger partial charge in [0.25, 0.3) is 0 Å². The molecule has 0 radical (unpaired) electrons. The first-order chi connectivity index (χ1) is 27.9. The number of anilines is 4. The van der Waals surface area contributed by atoms with Crippen molar-refractivity contribution in [2.45, 2.75) is 0 Å². The van der Waals surface area contributed by atoms with Gasteiger partial charge in [0, 0.05) is 11.4 Å². The molecule has 8 aromatic rings. The van der Waals surface area contributed by atoms with E-state index in [9.17, 15) is 51.1 Å². The predicted octanol–water partition coefficient (Wildman–Crippen LogP) is 10.1. The Hall–Kier alpha value is -8.38. The van der Waals surface area contributed by atoms with E-state index in [0.717, 1.165) is 44.2 Å². The number of phenolic OH excluding ortho intramolecular Hbond substituents is 10. The highest BCUT2D eigenvalue weighted by molar-refractivity contribution is 5.92. The van der Waals surface area contributed by atoms with Crippen LogP contribution in [0.1, 0.15) is 0 Å². The molecule has 0 unspecified atom stereocenters. The standard InChI is InChI=1S/C24H19NO5.C22H17NO5/c26-20-19(21(27)23(29)24(30)22(20)28)25-18-12-16(14-7-3-1-4-8-14)11-17(13-18)15-9-5-2-6-10-15;24-18-17(19(25)21(27)22(28)20(18)26)23-16-9-8-14-10-13(6-7-15(14)11-16)12-4-2-1-3-5-12/h1-13,25-30H;1-11,23-28H. The number of fused-ring (bicyclic) bond motifs is 1. The molecule has 0 saturated carbocycles. The lowest BCUT2D eigenvalue weighted by Gasteiger charge is -2.16. The molecule has 0 saturated heterocycles. The van der Waals surface area contributed by atoms with Gasteiger partial charge in [-0.1, -0.05) is 109 Å². The number of nitrogens with one attached hydrogen (secondary N) is 2. The molecule has 58 heavy (non-hydrogen) atoms. The Morgan fingerprint density at radius 2 is 0.586 bits per heavy atom. The second-order valence-corrected chi connectivity index (χ2v) is 13.2. The lowest BCUT2D eigenvalue weighted by atomic mass is 9.98. The molecule has 0 aromatic heterocycles. The van der Waals surface area contributed by atoms with Crippen LogP contribution < -0.4 is 10.6 Å². The van der Waals surface area contributed by atoms with E-state index in [-0.39, 0.29) is 11.4 Å². The van der Waals surface area contributed by atoms with Crippen molar-refractivity contribution >= 4 is 33.5 Å². The summed E-state index contributed by atoms with van der Waals surface area (Å²) in [6.07, 6.45) is 0. The van der Waals surface area contributed by atoms with Crippen molar-refractivity contribution in [3.63, 3.8) is 0 Å². The Bertz CT molecular complexity index is 2660. The maximum Gasteiger partial charge on any atom is 0.208 e. The van der Waals surface area contributed by atoms with Gasteiger partial charge in [-0.05, 0) is 80.6 Å². The first kappa shape index (κ1) is 37.9. The Morgan fingerprint density at radius 3 is 1.02 bits per heavy atom. The van der Waals surface area contributed by atoms with Gasteiger partial charge in [-0.25, -0.2) is 0 Å². The van der Waals surface area contributed by atoms with Crippen molar-refractivity contribution in [1.29, 1.82) is 0 Å². The number of hydrogen-bond acceptors (Lipinski definition) is 12. The number of phenols is 10. The molecule has 0 aliphatic heterocycles. The second kappa shape index (κ2) is 15.8. The Balaban J connectivity index is 0.000000177. The van der Waals surface area contributed by atoms with Gasteiger partial charge in [0.05, 0.1) is 0 Å². The monoisotopic (exact) mass is 776 g/mol. The molecule has 0 bridgehead atoms. The van der Waals surface area contributed by atoms with Crippen LogP contribution in [-0.2, 0) is 0 Å². The van der Waals surface area contributed by atoms with E-state index >= 15 is 0 Å². The third-order valence-corrected chi connectivity index (χ3v) is 9.37. The maximum atomic E-state index is 10.2. The van der Waals surface area contributed by atoms with Gasteiger partial charge in [-0.3, -0.25) is 0 Å². The minimum atomic E-state index is -1.00. The largest absolute Gasteiger partial charge is 0.503 e. The van der Waals surface area contributed by atoms with Crippen molar-refractivity contribution in [2.75, 3.05) is 10.6 Å². The zero-order chi connectivity index (χ0) is 41.1. The number of hydrogen-bond donors (Lipinski definition) is 12. The third-order valence-electron chi connectivity index (χ3n) is 9.37. The first-order valence-corrected chi connectivity index (χ1v) is 17.7. The average molecular weight is 777 g/mol. The van der Waals surface area contributed by atoms with Crippen molar-refractivity contribution in [2.24, 2.45) is 0 Å². The molecule has 0 amide bonds. The topological polar surface area (TPSA) is 226 Å². The number of rotatable bonds is 7. The van der Waals surface area contributed by atoms with Crippen molar-refractivity contribution in [3.8, 4) is 90.9 Å². The predicted molar refractivity (Wildman–Crippen MR) is 223 cm³/mol. The summed E-state index contributed by atoms with van der Waals surface area (Å²) in [4.78, 5) is 0. The fourth-order valence-electron chi connectivity index (χ4n) is 6.32. The van der Waals surface area contributed by atoms with Crippen LogP contribution in [0.5, 0.6) is 57.5 Å². The minimum absolute atomic E-state index is 0.312. The van der Waals surface area contributed by atoms with Crippen LogP contribution in [0.2, 0.25) is 0 Å². The molecule has 290 valence electrons. The van der Waals surface area contributed by atoms with E-state index in [1.54, 1.807) is 12.1 Å². The van der Waals surface area contributed by atoms with Gasteiger partial charge in [0.2, 0.25) is 34.5 Å². The summed E-state index contributed by atoms with van der Waals surface area (Å²) >= 11 is 0. The molecule has 0 atom stereocenters. The molecule has 8 rings (SSSR count). The Morgan fingerprint density at radius 1 is 0.241 bits per heavy atom. The van der Waals surface area contributed by atoms with Crippen LogP contribution in [0, 0.1) is 0 Å². The second-order valence-electron chi connectivity index (χ2n) is 13.2. The quantitative estimate of drug-likeness (QED) is 0.0536. The fraction of sp³-hybridized carbons (Fsp3) is 0. The summed E-state index contributed by atoms with van der Waals surface area (Å²) in [5.41, 5.74) is 6.23. The summed E-state index contributed by atoms with van der Waals surface area (Å²) in [5, 5.41) is 106. The molecule has 8 aromatic carbocycles. The van der Waals surface area contributed by atoms with Crippen molar-refractivity contribution in [1.82, 2.24) is 0 Å². The van der Waals surface area contributed by atoms with E-state index in [1.165, 1.54) is 0 Å². The van der Waals surface area contributed by atoms with Crippen LogP contribution in [0.4, 0.5) is 22.7 Å². The van der Waals surface area contributed by atoms with Gasteiger partial charge in [0.15, 0.2) is 23.0 Å². The van der Waals surface area contributed by atoms with E-state index in [1.807, 2.05) is 127 Å². The molecular weight excluding hydrogens is 741 g/mol. The summed E-state index contributed by atoms with van der Waals surface area (Å²) in [5.74, 6) is -8.82. The van der Waals surface area contributed by atoms with Crippen LogP contribution in [0.15, 0.2) is 146 Å². The van der Waals surface area contributed by atoms with Gasteiger partial charge in [-0.15, -0.1) is 0 Å². The number of aromatic hydroxyl groups is 10. The molecule has 0 fully saturated rings. The SMILES string of the molecule is Oc1c(O)c(O)c(Nc2cc(-c3ccccc3)cc(-c3ccccc3)c2)c(O)c1O.Oc1c(O)c(O)c(Nc2ccc3cc(-c4ccccc4)ccc3c2)c(O)c1O. The summed E-state index contributed by atoms with van der Waals surface area (Å²) in [6.45, 7) is 0. The maximum absolute atomic E-state index is 10.2. The van der Waals surface area contributed by atoms with Crippen LogP contribution in [-0.4, -0.2) is 51.1 Å². The summed E-state index contributed by atoms with van der Waals surface area (Å²) in [7, 11) is 0. The van der Waals surface area contributed by atoms with Gasteiger partial charge in [0.1, 0.15) is 11.4 Å². The van der Waals surface area contributed by atoms with Gasteiger partial charge in [-0.2, -0.15) is 0 Å². The van der Waals surface area contributed by atoms with Gasteiger partial charge < -0.3 is 61.7 Å². The zero-order valence-corrected chi connectivity index (χ0v) is 30.3. The normalized spacial score (nSPS) is 10.8. The number of benzene rings is 8. The molecule has 12 heteroatoms. The van der Waals surface area contributed by atoms with Gasteiger partial charge >= 0.3 is 0 Å². The highest BCUT2D eigenvalue weighted by Crippen LogP contribution is 2.55. The zero-order valence-electron chi connectivity index (χ0n) is 30.3. The fourth-order valence-corrected chi connectivity index (χ4v) is 6.32. The molecule has 0 spiro atoms. The lowest BCUT2D eigenvalue weighted by molar-refractivity contribution is 0.330. The van der Waals surface area contributed by atoms with Crippen molar-refractivity contribution < 1.29 is 51.1 Å². The smallest absolute Gasteiger partial charge is 0.208 e. The molecule has 0 heterocycles. The highest BCUT2D eigenvalue weighted by atomic mass is 16.4. The molecule has 0 aliphatic rings. The third kappa shape index (κ3) is 7.48. The van der Waals surface area contributed by atoms with E-state index in [0.29, 0.717) is 11.4 Å². The molecule has 12 nitrogen and oxygen atoms in total. The van der Waals surface area contributed by atoms with E-state index in [2.05, 4.69) is 16.7 Å². The Labute approximate surface area is 331 Å². The minimum Gasteiger partial charge on any atom is -0.503 e. The van der Waals surface area contributed by atoms with Crippen molar-refractivity contribution in [3.05, 3.63) is 146 Å². The van der Waals surface area contributed by atoms with Crippen LogP contribution in [0.3, 0.4) is 0 Å². The summed E-state index contributed by atoms with van der Waals surface area (Å²) in [6, 6.07) is 46.4. The average Bonchev–Trinajstić information content (AvgIpc) is 3.27. The van der Waals surface area contributed by atoms with Crippen LogP contribution in [0.25, 0.3) is 44.2 Å². The van der Waals surface area contributed by atoms with Crippen LogP contribution >= 0.6 is 0 Å². The molecular formula is C46H36N2O10. The van der Waals surface area contributed by atoms with E-state index < -0.39 is 57.5 Å².